The Balaban J connectivity index is 0.00000240. The molecule has 158 valence electrons. The fraction of sp³-hybridized carbons (Fsp3) is 0.524. The van der Waals surface area contributed by atoms with E-state index in [9.17, 15) is 0 Å². The molecule has 2 aliphatic heterocycles. The molecule has 0 aromatic carbocycles. The number of nitrogens with zero attached hydrogens (tertiary/aromatic N) is 4. The summed E-state index contributed by atoms with van der Waals surface area (Å²) in [5.41, 5.74) is 0. The molecule has 4 rings (SSSR count). The average Bonchev–Trinajstić information content (AvgIpc) is 3.46. The number of piperazine rings is 1. The van der Waals surface area contributed by atoms with Crippen molar-refractivity contribution in [3.8, 4) is 0 Å². The third-order valence-corrected chi connectivity index (χ3v) is 5.31. The van der Waals surface area contributed by atoms with Crippen LogP contribution in [0.25, 0.3) is 0 Å². The first-order valence-corrected chi connectivity index (χ1v) is 10.2. The predicted molar refractivity (Wildman–Crippen MR) is 125 cm³/mol. The van der Waals surface area contributed by atoms with Gasteiger partial charge in [0, 0.05) is 64.4 Å². The largest absolute Gasteiger partial charge is 0.469 e. The molecule has 1 atom stereocenters. The summed E-state index contributed by atoms with van der Waals surface area (Å²) in [5, 5.41) is 3.55. The molecule has 7 nitrogen and oxygen atoms in total. The van der Waals surface area contributed by atoms with E-state index in [-0.39, 0.29) is 24.0 Å². The Morgan fingerprint density at radius 1 is 1.17 bits per heavy atom. The van der Waals surface area contributed by atoms with Crippen LogP contribution < -0.4 is 10.2 Å². The minimum Gasteiger partial charge on any atom is -0.469 e. The van der Waals surface area contributed by atoms with E-state index < -0.39 is 0 Å². The fourth-order valence-electron chi connectivity index (χ4n) is 3.65. The highest BCUT2D eigenvalue weighted by Gasteiger charge is 2.22. The molecule has 1 unspecified atom stereocenters. The zero-order valence-electron chi connectivity index (χ0n) is 16.7. The zero-order chi connectivity index (χ0) is 19.0. The van der Waals surface area contributed by atoms with E-state index >= 15 is 0 Å². The van der Waals surface area contributed by atoms with E-state index in [0.29, 0.717) is 5.92 Å². The van der Waals surface area contributed by atoms with Crippen molar-refractivity contribution in [3.05, 3.63) is 48.6 Å². The molecule has 0 radical (unpaired) electrons. The number of anilines is 1. The van der Waals surface area contributed by atoms with E-state index in [1.54, 1.807) is 6.26 Å². The summed E-state index contributed by atoms with van der Waals surface area (Å²) in [6, 6.07) is 10.0. The predicted octanol–water partition coefficient (Wildman–Crippen LogP) is 2.64. The summed E-state index contributed by atoms with van der Waals surface area (Å²) in [6.07, 6.45) is 5.54. The van der Waals surface area contributed by atoms with Gasteiger partial charge in [-0.05, 0) is 30.7 Å². The first-order chi connectivity index (χ1) is 13.9. The highest BCUT2D eigenvalue weighted by Crippen LogP contribution is 2.15. The fourth-order valence-corrected chi connectivity index (χ4v) is 3.65. The second-order valence-corrected chi connectivity index (χ2v) is 7.31. The van der Waals surface area contributed by atoms with Crippen LogP contribution in [-0.4, -0.2) is 68.3 Å². The lowest BCUT2D eigenvalue weighted by atomic mass is 10.1. The Morgan fingerprint density at radius 2 is 2.07 bits per heavy atom. The molecule has 0 aliphatic carbocycles. The number of hydrogen-bond donors (Lipinski definition) is 1. The van der Waals surface area contributed by atoms with Gasteiger partial charge in [0.2, 0.25) is 0 Å². The normalized spacial score (nSPS) is 19.9. The van der Waals surface area contributed by atoms with Crippen LogP contribution >= 0.6 is 24.0 Å². The van der Waals surface area contributed by atoms with Crippen LogP contribution in [0.3, 0.4) is 0 Å². The molecule has 0 spiro atoms. The van der Waals surface area contributed by atoms with Gasteiger partial charge < -0.3 is 24.3 Å². The number of rotatable bonds is 6. The number of halogens is 1. The summed E-state index contributed by atoms with van der Waals surface area (Å²) in [4.78, 5) is 14.1. The number of guanidine groups is 1. The molecule has 0 bridgehead atoms. The van der Waals surface area contributed by atoms with Crippen LogP contribution in [0.1, 0.15) is 12.2 Å². The molecule has 0 amide bonds. The Kier molecular flexibility index (Phi) is 8.60. The van der Waals surface area contributed by atoms with Crippen molar-refractivity contribution in [2.45, 2.75) is 12.8 Å². The second kappa shape index (κ2) is 11.4. The summed E-state index contributed by atoms with van der Waals surface area (Å²) in [6.45, 7) is 7.10. The molecule has 4 heterocycles. The standard InChI is InChI=1S/C21H29N5O2.HI/c1-2-8-22-20(5-1)25-10-12-26(13-11-25)21(24-16-18-7-15-27-17-18)23-9-6-19-4-3-14-28-19;/h1-5,8,14,18H,6-7,9-13,15-17H2,(H,23,24);1H. The number of aromatic nitrogens is 1. The zero-order valence-corrected chi connectivity index (χ0v) is 19.0. The summed E-state index contributed by atoms with van der Waals surface area (Å²) < 4.78 is 10.9. The van der Waals surface area contributed by atoms with E-state index in [4.69, 9.17) is 14.1 Å². The van der Waals surface area contributed by atoms with E-state index in [1.807, 2.05) is 30.5 Å². The monoisotopic (exact) mass is 511 g/mol. The van der Waals surface area contributed by atoms with Crippen molar-refractivity contribution in [1.82, 2.24) is 15.2 Å². The molecule has 29 heavy (non-hydrogen) atoms. The SMILES string of the molecule is I.c1ccc(N2CCN(C(=NCC3CCOC3)NCCc3ccco3)CC2)nc1. The second-order valence-electron chi connectivity index (χ2n) is 7.31. The highest BCUT2D eigenvalue weighted by molar-refractivity contribution is 14.0. The molecule has 2 aromatic heterocycles. The van der Waals surface area contributed by atoms with Crippen LogP contribution in [0, 0.1) is 5.92 Å². The molecule has 0 saturated carbocycles. The number of hydrogen-bond acceptors (Lipinski definition) is 5. The smallest absolute Gasteiger partial charge is 0.194 e. The number of nitrogens with one attached hydrogen (secondary N) is 1. The molecule has 1 N–H and O–H groups in total. The third-order valence-electron chi connectivity index (χ3n) is 5.31. The maximum absolute atomic E-state index is 5.50. The van der Waals surface area contributed by atoms with Gasteiger partial charge in [0.25, 0.3) is 0 Å². The third kappa shape index (κ3) is 6.33. The topological polar surface area (TPSA) is 66.1 Å². The maximum atomic E-state index is 5.50. The van der Waals surface area contributed by atoms with Gasteiger partial charge in [-0.2, -0.15) is 0 Å². The molecule has 8 heteroatoms. The lowest BCUT2D eigenvalue weighted by molar-refractivity contribution is 0.187. The van der Waals surface area contributed by atoms with Crippen molar-refractivity contribution in [2.75, 3.05) is 57.4 Å². The van der Waals surface area contributed by atoms with Crippen LogP contribution in [0.2, 0.25) is 0 Å². The highest BCUT2D eigenvalue weighted by atomic mass is 127. The minimum atomic E-state index is 0. The van der Waals surface area contributed by atoms with Gasteiger partial charge in [-0.3, -0.25) is 4.99 Å². The van der Waals surface area contributed by atoms with Gasteiger partial charge in [0.1, 0.15) is 11.6 Å². The van der Waals surface area contributed by atoms with Crippen molar-refractivity contribution in [3.63, 3.8) is 0 Å². The Hall–Kier alpha value is -1.81. The van der Waals surface area contributed by atoms with Gasteiger partial charge in [-0.15, -0.1) is 24.0 Å². The lowest BCUT2D eigenvalue weighted by Gasteiger charge is -2.37. The van der Waals surface area contributed by atoms with E-state index in [2.05, 4.69) is 26.2 Å². The van der Waals surface area contributed by atoms with Crippen LogP contribution in [0.4, 0.5) is 5.82 Å². The van der Waals surface area contributed by atoms with Gasteiger partial charge >= 0.3 is 0 Å². The molecular formula is C21H30IN5O2. The van der Waals surface area contributed by atoms with E-state index in [1.165, 1.54) is 0 Å². The average molecular weight is 511 g/mol. The molecule has 2 aromatic rings. The van der Waals surface area contributed by atoms with Gasteiger partial charge in [-0.25, -0.2) is 4.98 Å². The first kappa shape index (κ1) is 21.9. The quantitative estimate of drug-likeness (QED) is 0.366. The number of ether oxygens (including phenoxy) is 1. The molecule has 2 saturated heterocycles. The van der Waals surface area contributed by atoms with E-state index in [0.717, 1.165) is 82.9 Å². The van der Waals surface area contributed by atoms with Crippen molar-refractivity contribution in [1.29, 1.82) is 0 Å². The Bertz CT molecular complexity index is 727. The van der Waals surface area contributed by atoms with Gasteiger partial charge in [-0.1, -0.05) is 6.07 Å². The minimum absolute atomic E-state index is 0. The molecule has 2 aliphatic rings. The van der Waals surface area contributed by atoms with Crippen molar-refractivity contribution >= 4 is 35.8 Å². The van der Waals surface area contributed by atoms with Gasteiger partial charge in [0.15, 0.2) is 5.96 Å². The van der Waals surface area contributed by atoms with Crippen LogP contribution in [0.15, 0.2) is 52.2 Å². The molecule has 2 fully saturated rings. The van der Waals surface area contributed by atoms with Crippen molar-refractivity contribution < 1.29 is 9.15 Å². The summed E-state index contributed by atoms with van der Waals surface area (Å²) in [5.74, 6) is 3.58. The number of aliphatic imine (C=N–C) groups is 1. The van der Waals surface area contributed by atoms with Gasteiger partial charge in [0.05, 0.1) is 12.9 Å². The number of pyridine rings is 1. The van der Waals surface area contributed by atoms with Crippen LogP contribution in [0.5, 0.6) is 0 Å². The first-order valence-electron chi connectivity index (χ1n) is 10.2. The van der Waals surface area contributed by atoms with Crippen molar-refractivity contribution in [2.24, 2.45) is 10.9 Å². The Labute approximate surface area is 189 Å². The lowest BCUT2D eigenvalue weighted by Crippen LogP contribution is -2.53. The maximum Gasteiger partial charge on any atom is 0.194 e. The molecular weight excluding hydrogens is 481 g/mol. The van der Waals surface area contributed by atoms with Crippen LogP contribution in [-0.2, 0) is 11.2 Å². The summed E-state index contributed by atoms with van der Waals surface area (Å²) in [7, 11) is 0. The summed E-state index contributed by atoms with van der Waals surface area (Å²) >= 11 is 0. The number of furan rings is 1. The Morgan fingerprint density at radius 3 is 2.76 bits per heavy atom.